The zero-order chi connectivity index (χ0) is 20.1. The molecule has 0 aromatic heterocycles. The van der Waals surface area contributed by atoms with Crippen molar-refractivity contribution in [3.8, 4) is 11.5 Å². The lowest BCUT2D eigenvalue weighted by atomic mass is 10.0. The molecule has 0 spiro atoms. The van der Waals surface area contributed by atoms with E-state index in [4.69, 9.17) is 4.74 Å². The van der Waals surface area contributed by atoms with Crippen molar-refractivity contribution in [3.05, 3.63) is 83.4 Å². The van der Waals surface area contributed by atoms with Gasteiger partial charge in [-0.3, -0.25) is 0 Å². The van der Waals surface area contributed by atoms with Crippen molar-refractivity contribution < 1.29 is 13.2 Å². The molecule has 0 unspecified atom stereocenters. The largest absolute Gasteiger partial charge is 0.457 e. The zero-order valence-corrected chi connectivity index (χ0v) is 17.4. The van der Waals surface area contributed by atoms with Crippen LogP contribution in [0.4, 0.5) is 0 Å². The minimum absolute atomic E-state index is 0.271. The number of hydrogen-bond acceptors (Lipinski definition) is 3. The van der Waals surface area contributed by atoms with Crippen LogP contribution in [0.1, 0.15) is 37.5 Å². The Morgan fingerprint density at radius 3 is 1.71 bits per heavy atom. The van der Waals surface area contributed by atoms with Crippen molar-refractivity contribution in [1.82, 2.24) is 0 Å². The summed E-state index contributed by atoms with van der Waals surface area (Å²) in [6.07, 6.45) is 2.69. The normalized spacial score (nSPS) is 11.4. The van der Waals surface area contributed by atoms with Gasteiger partial charge in [0.1, 0.15) is 11.5 Å². The lowest BCUT2D eigenvalue weighted by Gasteiger charge is -2.11. The van der Waals surface area contributed by atoms with Crippen molar-refractivity contribution >= 4 is 9.84 Å². The second kappa shape index (κ2) is 8.61. The van der Waals surface area contributed by atoms with Crippen molar-refractivity contribution in [1.29, 1.82) is 0 Å². The molecule has 3 aromatic carbocycles. The van der Waals surface area contributed by atoms with Crippen molar-refractivity contribution in [2.24, 2.45) is 0 Å². The highest BCUT2D eigenvalue weighted by molar-refractivity contribution is 7.91. The van der Waals surface area contributed by atoms with Crippen LogP contribution in [0.5, 0.6) is 11.5 Å². The van der Waals surface area contributed by atoms with Gasteiger partial charge < -0.3 is 4.74 Å². The van der Waals surface area contributed by atoms with Gasteiger partial charge in [0.15, 0.2) is 0 Å². The molecule has 4 heteroatoms. The SMILES string of the molecule is CCc1ccc(Oc2ccc(S(=O)(=O)c3ccc(CC)c(CC)c3)cc2)cc1. The molecule has 0 amide bonds. The van der Waals surface area contributed by atoms with Crippen LogP contribution < -0.4 is 4.74 Å². The molecule has 0 aliphatic rings. The molecule has 0 aliphatic heterocycles. The van der Waals surface area contributed by atoms with Crippen LogP contribution >= 0.6 is 0 Å². The quantitative estimate of drug-likeness (QED) is 0.494. The molecule has 146 valence electrons. The molecule has 3 nitrogen and oxygen atoms in total. The number of hydrogen-bond donors (Lipinski definition) is 0. The third-order valence-corrected chi connectivity index (χ3v) is 6.72. The molecular formula is C24H26O3S. The summed E-state index contributed by atoms with van der Waals surface area (Å²) in [5.41, 5.74) is 3.52. The first kappa shape index (κ1) is 20.2. The monoisotopic (exact) mass is 394 g/mol. The Hall–Kier alpha value is -2.59. The van der Waals surface area contributed by atoms with Gasteiger partial charge >= 0.3 is 0 Å². The zero-order valence-electron chi connectivity index (χ0n) is 16.6. The van der Waals surface area contributed by atoms with Crippen LogP contribution in [0.25, 0.3) is 0 Å². The van der Waals surface area contributed by atoms with E-state index in [9.17, 15) is 8.42 Å². The minimum Gasteiger partial charge on any atom is -0.457 e. The van der Waals surface area contributed by atoms with Gasteiger partial charge in [-0.05, 0) is 84.5 Å². The van der Waals surface area contributed by atoms with Crippen LogP contribution in [0.2, 0.25) is 0 Å². The van der Waals surface area contributed by atoms with Crippen LogP contribution in [0.15, 0.2) is 76.5 Å². The van der Waals surface area contributed by atoms with Gasteiger partial charge in [0, 0.05) is 0 Å². The molecule has 3 rings (SSSR count). The van der Waals surface area contributed by atoms with Crippen molar-refractivity contribution in [3.63, 3.8) is 0 Å². The summed E-state index contributed by atoms with van der Waals surface area (Å²) in [4.78, 5) is 0.609. The molecule has 0 bridgehead atoms. The van der Waals surface area contributed by atoms with Gasteiger partial charge in [-0.15, -0.1) is 0 Å². The third kappa shape index (κ3) is 4.28. The highest BCUT2D eigenvalue weighted by Gasteiger charge is 2.19. The van der Waals surface area contributed by atoms with E-state index in [0.717, 1.165) is 30.6 Å². The molecule has 28 heavy (non-hydrogen) atoms. The molecule has 0 fully saturated rings. The third-order valence-electron chi connectivity index (χ3n) is 4.95. The van der Waals surface area contributed by atoms with Gasteiger partial charge in [0.05, 0.1) is 9.79 Å². The fourth-order valence-electron chi connectivity index (χ4n) is 3.20. The molecule has 0 aliphatic carbocycles. The molecule has 0 saturated heterocycles. The molecule has 0 heterocycles. The molecule has 0 radical (unpaired) electrons. The summed E-state index contributed by atoms with van der Waals surface area (Å²) in [6.45, 7) is 6.23. The van der Waals surface area contributed by atoms with Gasteiger partial charge in [-0.2, -0.15) is 0 Å². The Bertz CT molecular complexity index is 1030. The Kier molecular flexibility index (Phi) is 6.20. The maximum atomic E-state index is 13.0. The highest BCUT2D eigenvalue weighted by atomic mass is 32.2. The van der Waals surface area contributed by atoms with E-state index in [1.807, 2.05) is 37.3 Å². The lowest BCUT2D eigenvalue weighted by Crippen LogP contribution is -2.04. The van der Waals surface area contributed by atoms with E-state index in [-0.39, 0.29) is 4.90 Å². The van der Waals surface area contributed by atoms with Crippen LogP contribution in [0, 0.1) is 0 Å². The summed E-state index contributed by atoms with van der Waals surface area (Å²) < 4.78 is 31.8. The predicted molar refractivity (Wildman–Crippen MR) is 113 cm³/mol. The molecule has 0 atom stereocenters. The lowest BCUT2D eigenvalue weighted by molar-refractivity contribution is 0.482. The van der Waals surface area contributed by atoms with Gasteiger partial charge in [-0.25, -0.2) is 8.42 Å². The maximum Gasteiger partial charge on any atom is 0.206 e. The van der Waals surface area contributed by atoms with Crippen molar-refractivity contribution in [2.75, 3.05) is 0 Å². The maximum absolute atomic E-state index is 13.0. The minimum atomic E-state index is -3.55. The van der Waals surface area contributed by atoms with E-state index in [2.05, 4.69) is 13.8 Å². The summed E-state index contributed by atoms with van der Waals surface area (Å²) >= 11 is 0. The second-order valence-electron chi connectivity index (χ2n) is 6.71. The summed E-state index contributed by atoms with van der Waals surface area (Å²) in [6, 6.07) is 19.9. The average Bonchev–Trinajstić information content (AvgIpc) is 2.74. The Morgan fingerprint density at radius 2 is 1.18 bits per heavy atom. The Morgan fingerprint density at radius 1 is 0.643 bits per heavy atom. The van der Waals surface area contributed by atoms with Gasteiger partial charge in [0.2, 0.25) is 9.84 Å². The van der Waals surface area contributed by atoms with E-state index >= 15 is 0 Å². The fraction of sp³-hybridized carbons (Fsp3) is 0.250. The topological polar surface area (TPSA) is 43.4 Å². The number of aryl methyl sites for hydroxylation is 3. The summed E-state index contributed by atoms with van der Waals surface area (Å²) in [5, 5.41) is 0. The summed E-state index contributed by atoms with van der Waals surface area (Å²) in [5.74, 6) is 1.34. The van der Waals surface area contributed by atoms with E-state index in [1.54, 1.807) is 36.4 Å². The average molecular weight is 395 g/mol. The number of benzene rings is 3. The predicted octanol–water partition coefficient (Wildman–Crippen LogP) is 6.00. The second-order valence-corrected chi connectivity index (χ2v) is 8.66. The number of ether oxygens (including phenoxy) is 1. The molecule has 0 N–H and O–H groups in total. The van der Waals surface area contributed by atoms with Gasteiger partial charge in [-0.1, -0.05) is 39.0 Å². The fourth-order valence-corrected chi connectivity index (χ4v) is 4.51. The standard InChI is InChI=1S/C24H26O3S/c1-4-18-7-10-21(11-8-18)27-22-12-15-23(16-13-22)28(25,26)24-14-9-19(5-2)20(6-3)17-24/h7-17H,4-6H2,1-3H3. The van der Waals surface area contributed by atoms with E-state index in [0.29, 0.717) is 10.6 Å². The number of rotatable bonds is 7. The van der Waals surface area contributed by atoms with Crippen molar-refractivity contribution in [2.45, 2.75) is 49.8 Å². The van der Waals surface area contributed by atoms with Crippen LogP contribution in [0.3, 0.4) is 0 Å². The smallest absolute Gasteiger partial charge is 0.206 e. The van der Waals surface area contributed by atoms with Crippen LogP contribution in [-0.2, 0) is 29.1 Å². The molecule has 0 saturated carbocycles. The van der Waals surface area contributed by atoms with Gasteiger partial charge in [0.25, 0.3) is 0 Å². The highest BCUT2D eigenvalue weighted by Crippen LogP contribution is 2.27. The Labute approximate surface area is 167 Å². The van der Waals surface area contributed by atoms with Crippen LogP contribution in [-0.4, -0.2) is 8.42 Å². The van der Waals surface area contributed by atoms with E-state index < -0.39 is 9.84 Å². The molecular weight excluding hydrogens is 368 g/mol. The van der Waals surface area contributed by atoms with E-state index in [1.165, 1.54) is 11.1 Å². The first-order valence-electron chi connectivity index (χ1n) is 9.71. The Balaban J connectivity index is 1.83. The number of sulfone groups is 1. The molecule has 3 aromatic rings. The summed E-state index contributed by atoms with van der Waals surface area (Å²) in [7, 11) is -3.55. The first-order chi connectivity index (χ1) is 13.5. The first-order valence-corrected chi connectivity index (χ1v) is 11.2.